The molecule has 1 aliphatic carbocycles. The van der Waals surface area contributed by atoms with Crippen LogP contribution in [0.15, 0.2) is 30.5 Å². The molecule has 0 amide bonds. The molecule has 1 aliphatic rings. The first kappa shape index (κ1) is 13.7. The molecule has 20 heavy (non-hydrogen) atoms. The van der Waals surface area contributed by atoms with E-state index in [1.54, 1.807) is 0 Å². The van der Waals surface area contributed by atoms with E-state index in [2.05, 4.69) is 35.7 Å². The van der Waals surface area contributed by atoms with Crippen LogP contribution < -0.4 is 5.32 Å². The highest BCUT2D eigenvalue weighted by atomic mass is 35.5. The summed E-state index contributed by atoms with van der Waals surface area (Å²) in [6, 6.07) is 8.64. The number of nitrogens with zero attached hydrogens (tertiary/aromatic N) is 2. The molecule has 1 fully saturated rings. The van der Waals surface area contributed by atoms with Gasteiger partial charge in [-0.05, 0) is 43.4 Å². The maximum atomic E-state index is 5.98. The van der Waals surface area contributed by atoms with Crippen LogP contribution in [0.1, 0.15) is 35.7 Å². The average Bonchev–Trinajstić information content (AvgIpc) is 3.19. The summed E-state index contributed by atoms with van der Waals surface area (Å²) in [5, 5.41) is 8.88. The van der Waals surface area contributed by atoms with Gasteiger partial charge in [0.15, 0.2) is 0 Å². The Kier molecular flexibility index (Phi) is 3.81. The molecule has 0 radical (unpaired) electrons. The van der Waals surface area contributed by atoms with Gasteiger partial charge in [0.2, 0.25) is 0 Å². The van der Waals surface area contributed by atoms with Crippen LogP contribution in [0, 0.1) is 12.8 Å². The van der Waals surface area contributed by atoms with Crippen molar-refractivity contribution in [2.45, 2.75) is 32.4 Å². The number of aryl methyl sites for hydroxylation is 2. The van der Waals surface area contributed by atoms with Crippen molar-refractivity contribution in [3.63, 3.8) is 0 Å². The number of hydrogen-bond donors (Lipinski definition) is 1. The van der Waals surface area contributed by atoms with Gasteiger partial charge < -0.3 is 5.32 Å². The quantitative estimate of drug-likeness (QED) is 0.911. The summed E-state index contributed by atoms with van der Waals surface area (Å²) in [7, 11) is 1.97. The number of aromatic nitrogens is 2. The second kappa shape index (κ2) is 5.58. The van der Waals surface area contributed by atoms with E-state index in [0.29, 0.717) is 6.04 Å². The minimum absolute atomic E-state index is 0.423. The number of rotatable bonds is 5. The predicted octanol–water partition coefficient (Wildman–Crippen LogP) is 3.62. The lowest BCUT2D eigenvalue weighted by Gasteiger charge is -2.18. The molecular formula is C16H20ClN3. The first-order valence-corrected chi connectivity index (χ1v) is 7.49. The van der Waals surface area contributed by atoms with Crippen molar-refractivity contribution < 1.29 is 0 Å². The van der Waals surface area contributed by atoms with E-state index in [1.807, 2.05) is 23.9 Å². The Morgan fingerprint density at radius 2 is 2.05 bits per heavy atom. The zero-order chi connectivity index (χ0) is 14.1. The minimum Gasteiger partial charge on any atom is -0.305 e. The average molecular weight is 290 g/mol. The Labute approximate surface area is 124 Å². The van der Waals surface area contributed by atoms with E-state index in [0.717, 1.165) is 23.2 Å². The van der Waals surface area contributed by atoms with Crippen LogP contribution in [0.25, 0.3) is 0 Å². The van der Waals surface area contributed by atoms with E-state index >= 15 is 0 Å². The lowest BCUT2D eigenvalue weighted by Crippen LogP contribution is -2.22. The third-order valence-electron chi connectivity index (χ3n) is 3.95. The van der Waals surface area contributed by atoms with Crippen molar-refractivity contribution in [2.75, 3.05) is 0 Å². The van der Waals surface area contributed by atoms with Gasteiger partial charge in [0.25, 0.3) is 0 Å². The fraction of sp³-hybridized carbons (Fsp3) is 0.438. The van der Waals surface area contributed by atoms with Crippen LogP contribution in [-0.4, -0.2) is 9.78 Å². The summed E-state index contributed by atoms with van der Waals surface area (Å²) in [4.78, 5) is 0. The molecule has 106 valence electrons. The van der Waals surface area contributed by atoms with E-state index in [1.165, 1.54) is 24.0 Å². The Balaban J connectivity index is 1.72. The minimum atomic E-state index is 0.423. The first-order valence-electron chi connectivity index (χ1n) is 7.11. The largest absolute Gasteiger partial charge is 0.305 e. The van der Waals surface area contributed by atoms with Crippen LogP contribution in [0.3, 0.4) is 0 Å². The second-order valence-corrected chi connectivity index (χ2v) is 6.10. The summed E-state index contributed by atoms with van der Waals surface area (Å²) >= 11 is 5.98. The van der Waals surface area contributed by atoms with Gasteiger partial charge in [0.05, 0.1) is 5.69 Å². The van der Waals surface area contributed by atoms with Gasteiger partial charge in [-0.1, -0.05) is 23.7 Å². The molecule has 0 bridgehead atoms. The van der Waals surface area contributed by atoms with E-state index < -0.39 is 0 Å². The summed E-state index contributed by atoms with van der Waals surface area (Å²) in [5.41, 5.74) is 3.70. The molecule has 1 aromatic heterocycles. The molecule has 0 saturated heterocycles. The highest BCUT2D eigenvalue weighted by Gasteiger charge is 2.32. The van der Waals surface area contributed by atoms with Crippen LogP contribution in [0.2, 0.25) is 5.02 Å². The number of benzene rings is 1. The summed E-state index contributed by atoms with van der Waals surface area (Å²) in [5.74, 6) is 0.758. The number of halogens is 1. The number of nitrogens with one attached hydrogen (secondary N) is 1. The van der Waals surface area contributed by atoms with Gasteiger partial charge in [-0.15, -0.1) is 0 Å². The third kappa shape index (κ3) is 3.05. The van der Waals surface area contributed by atoms with Crippen molar-refractivity contribution in [1.29, 1.82) is 0 Å². The molecule has 0 aliphatic heterocycles. The van der Waals surface area contributed by atoms with Gasteiger partial charge >= 0.3 is 0 Å². The van der Waals surface area contributed by atoms with Crippen molar-refractivity contribution in [2.24, 2.45) is 13.0 Å². The van der Waals surface area contributed by atoms with Gasteiger partial charge in [0.1, 0.15) is 0 Å². The monoisotopic (exact) mass is 289 g/mol. The molecule has 1 unspecified atom stereocenters. The van der Waals surface area contributed by atoms with Crippen molar-refractivity contribution >= 4 is 11.6 Å². The van der Waals surface area contributed by atoms with Crippen molar-refractivity contribution in [3.05, 3.63) is 52.3 Å². The summed E-state index contributed by atoms with van der Waals surface area (Å²) in [6.07, 6.45) is 4.72. The standard InChI is InChI=1S/C16H20ClN3/c1-11-14(10-20(2)19-11)9-18-16(12-3-4-12)13-5-7-15(17)8-6-13/h5-8,10,12,16,18H,3-4,9H2,1-2H3. The Bertz CT molecular complexity index is 584. The molecule has 1 N–H and O–H groups in total. The molecule has 3 rings (SSSR count). The molecule has 1 saturated carbocycles. The lowest BCUT2D eigenvalue weighted by molar-refractivity contribution is 0.479. The molecule has 2 aromatic rings. The highest BCUT2D eigenvalue weighted by molar-refractivity contribution is 6.30. The van der Waals surface area contributed by atoms with Crippen molar-refractivity contribution in [1.82, 2.24) is 15.1 Å². The Hall–Kier alpha value is -1.32. The van der Waals surface area contributed by atoms with Crippen molar-refractivity contribution in [3.8, 4) is 0 Å². The predicted molar refractivity (Wildman–Crippen MR) is 81.7 cm³/mol. The maximum Gasteiger partial charge on any atom is 0.0638 e. The Morgan fingerprint density at radius 1 is 1.35 bits per heavy atom. The molecule has 1 atom stereocenters. The molecule has 4 heteroatoms. The fourth-order valence-electron chi connectivity index (χ4n) is 2.70. The fourth-order valence-corrected chi connectivity index (χ4v) is 2.82. The smallest absolute Gasteiger partial charge is 0.0638 e. The second-order valence-electron chi connectivity index (χ2n) is 5.66. The van der Waals surface area contributed by atoms with Crippen LogP contribution >= 0.6 is 11.6 Å². The van der Waals surface area contributed by atoms with Crippen LogP contribution in [0.5, 0.6) is 0 Å². The topological polar surface area (TPSA) is 29.9 Å². The summed E-state index contributed by atoms with van der Waals surface area (Å²) < 4.78 is 1.88. The first-order chi connectivity index (χ1) is 9.63. The molecular weight excluding hydrogens is 270 g/mol. The zero-order valence-electron chi connectivity index (χ0n) is 11.9. The summed E-state index contributed by atoms with van der Waals surface area (Å²) in [6.45, 7) is 2.93. The third-order valence-corrected chi connectivity index (χ3v) is 4.20. The van der Waals surface area contributed by atoms with Gasteiger partial charge in [0, 0.05) is 36.4 Å². The van der Waals surface area contributed by atoms with Crippen LogP contribution in [-0.2, 0) is 13.6 Å². The van der Waals surface area contributed by atoms with Crippen LogP contribution in [0.4, 0.5) is 0 Å². The molecule has 1 aromatic carbocycles. The van der Waals surface area contributed by atoms with Gasteiger partial charge in [-0.2, -0.15) is 5.10 Å². The highest BCUT2D eigenvalue weighted by Crippen LogP contribution is 2.41. The Morgan fingerprint density at radius 3 is 2.60 bits per heavy atom. The van der Waals surface area contributed by atoms with E-state index in [4.69, 9.17) is 11.6 Å². The van der Waals surface area contributed by atoms with E-state index in [-0.39, 0.29) is 0 Å². The van der Waals surface area contributed by atoms with Gasteiger partial charge in [-0.25, -0.2) is 0 Å². The maximum absolute atomic E-state index is 5.98. The molecule has 1 heterocycles. The normalized spacial score (nSPS) is 16.4. The van der Waals surface area contributed by atoms with E-state index in [9.17, 15) is 0 Å². The zero-order valence-corrected chi connectivity index (χ0v) is 12.7. The SMILES string of the molecule is Cc1nn(C)cc1CNC(c1ccc(Cl)cc1)C1CC1. The molecule has 3 nitrogen and oxygen atoms in total. The molecule has 0 spiro atoms. The van der Waals surface area contributed by atoms with Gasteiger partial charge in [-0.3, -0.25) is 4.68 Å². The number of hydrogen-bond acceptors (Lipinski definition) is 2. The lowest BCUT2D eigenvalue weighted by atomic mass is 10.0.